The summed E-state index contributed by atoms with van der Waals surface area (Å²) in [7, 11) is 0. The fourth-order valence-electron chi connectivity index (χ4n) is 2.89. The fourth-order valence-corrected chi connectivity index (χ4v) is 2.89. The first-order valence-corrected chi connectivity index (χ1v) is 10.1. The van der Waals surface area contributed by atoms with Crippen molar-refractivity contribution in [1.29, 1.82) is 0 Å². The van der Waals surface area contributed by atoms with Crippen molar-refractivity contribution in [1.82, 2.24) is 14.7 Å². The average molecular weight is 483 g/mol. The minimum absolute atomic E-state index is 0.0346. The van der Waals surface area contributed by atoms with Crippen LogP contribution in [0.25, 0.3) is 0 Å². The summed E-state index contributed by atoms with van der Waals surface area (Å²) >= 11 is 0. The normalized spacial score (nSPS) is 13.8. The first-order valence-electron chi connectivity index (χ1n) is 10.1. The van der Waals surface area contributed by atoms with Crippen LogP contribution in [0, 0.1) is 0 Å². The predicted molar refractivity (Wildman–Crippen MR) is 119 cm³/mol. The standard InChI is InChI=1S/C14H21N3O9.C6H8N2/c18-10(19)5-15(1-3-16(6-11(20)21)7-12(22)23)2-4-17-8-13(24)26-14(25)9-17;7-5-1-2-6(8)4-3-5/h1-9H2,(H,18,19)(H,20,21)(H,22,23);1-4H,7-8H2. The maximum absolute atomic E-state index is 11.2. The van der Waals surface area contributed by atoms with Crippen molar-refractivity contribution in [3.8, 4) is 0 Å². The van der Waals surface area contributed by atoms with Gasteiger partial charge in [0, 0.05) is 37.6 Å². The third kappa shape index (κ3) is 12.9. The van der Waals surface area contributed by atoms with Crippen molar-refractivity contribution in [3.05, 3.63) is 24.3 Å². The molecular weight excluding hydrogens is 454 g/mol. The van der Waals surface area contributed by atoms with Crippen LogP contribution in [0.15, 0.2) is 24.3 Å². The summed E-state index contributed by atoms with van der Waals surface area (Å²) in [4.78, 5) is 59.1. The number of anilines is 2. The largest absolute Gasteiger partial charge is 0.480 e. The van der Waals surface area contributed by atoms with E-state index in [1.807, 2.05) is 0 Å². The number of nitrogens with two attached hydrogens (primary N) is 2. The zero-order chi connectivity index (χ0) is 25.7. The molecular formula is C20H29N5O9. The maximum Gasteiger partial charge on any atom is 0.327 e. The number of hydrogen-bond donors (Lipinski definition) is 5. The Labute approximate surface area is 195 Å². The smallest absolute Gasteiger partial charge is 0.327 e. The highest BCUT2D eigenvalue weighted by atomic mass is 16.6. The number of benzene rings is 1. The molecule has 0 radical (unpaired) electrons. The molecule has 1 aromatic rings. The Kier molecular flexibility index (Phi) is 12.0. The van der Waals surface area contributed by atoms with Crippen molar-refractivity contribution in [2.24, 2.45) is 0 Å². The molecule has 1 heterocycles. The van der Waals surface area contributed by atoms with E-state index in [4.69, 9.17) is 26.8 Å². The van der Waals surface area contributed by atoms with Gasteiger partial charge in [0.2, 0.25) is 0 Å². The molecule has 1 fully saturated rings. The van der Waals surface area contributed by atoms with Gasteiger partial charge in [-0.3, -0.25) is 38.7 Å². The molecule has 0 saturated carbocycles. The number of carbonyl (C=O) groups is 5. The number of ether oxygens (including phenoxy) is 1. The number of carbonyl (C=O) groups excluding carboxylic acids is 2. The van der Waals surface area contributed by atoms with Gasteiger partial charge >= 0.3 is 29.8 Å². The van der Waals surface area contributed by atoms with Gasteiger partial charge < -0.3 is 31.5 Å². The summed E-state index contributed by atoms with van der Waals surface area (Å²) in [5.74, 6) is -4.86. The number of esters is 2. The van der Waals surface area contributed by atoms with Crippen LogP contribution in [0.5, 0.6) is 0 Å². The molecule has 0 bridgehead atoms. The highest BCUT2D eigenvalue weighted by molar-refractivity contribution is 5.90. The SMILES string of the molecule is Nc1ccc(N)cc1.O=C(O)CN(CCN(CC(=O)O)CC(=O)O)CCN1CC(=O)OC(=O)C1. The molecule has 1 aliphatic heterocycles. The summed E-state index contributed by atoms with van der Waals surface area (Å²) in [5, 5.41) is 26.6. The Morgan fingerprint density at radius 1 is 0.765 bits per heavy atom. The third-order valence-electron chi connectivity index (χ3n) is 4.41. The van der Waals surface area contributed by atoms with E-state index in [1.165, 1.54) is 14.7 Å². The van der Waals surface area contributed by atoms with Gasteiger partial charge in [-0.05, 0) is 24.3 Å². The Hall–Kier alpha value is -3.75. The summed E-state index contributed by atoms with van der Waals surface area (Å²) in [6.45, 7) is -0.925. The molecule has 0 amide bonds. The van der Waals surface area contributed by atoms with Crippen LogP contribution in [0.2, 0.25) is 0 Å². The summed E-state index contributed by atoms with van der Waals surface area (Å²) in [6.07, 6.45) is 0. The van der Waals surface area contributed by atoms with E-state index in [-0.39, 0.29) is 45.8 Å². The Morgan fingerprint density at radius 3 is 1.56 bits per heavy atom. The summed E-state index contributed by atoms with van der Waals surface area (Å²) in [6, 6.07) is 7.09. The van der Waals surface area contributed by atoms with Crippen LogP contribution in [-0.2, 0) is 28.7 Å². The lowest BCUT2D eigenvalue weighted by atomic mass is 10.3. The van der Waals surface area contributed by atoms with Crippen LogP contribution in [0.4, 0.5) is 11.4 Å². The van der Waals surface area contributed by atoms with E-state index in [9.17, 15) is 24.0 Å². The highest BCUT2D eigenvalue weighted by Crippen LogP contribution is 2.05. The number of rotatable bonds is 12. The quantitative estimate of drug-likeness (QED) is 0.124. The van der Waals surface area contributed by atoms with E-state index in [2.05, 4.69) is 4.74 Å². The summed E-state index contributed by atoms with van der Waals surface area (Å²) in [5.41, 5.74) is 12.2. The van der Waals surface area contributed by atoms with Crippen LogP contribution in [0.1, 0.15) is 0 Å². The lowest BCUT2D eigenvalue weighted by Crippen LogP contribution is -2.48. The molecule has 0 atom stereocenters. The summed E-state index contributed by atoms with van der Waals surface area (Å²) < 4.78 is 4.40. The maximum atomic E-state index is 11.2. The van der Waals surface area contributed by atoms with Gasteiger partial charge in [0.15, 0.2) is 0 Å². The zero-order valence-corrected chi connectivity index (χ0v) is 18.5. The molecule has 0 aliphatic carbocycles. The number of nitrogens with zero attached hydrogens (tertiary/aromatic N) is 3. The lowest BCUT2D eigenvalue weighted by molar-refractivity contribution is -0.167. The molecule has 1 aliphatic rings. The molecule has 14 nitrogen and oxygen atoms in total. The Morgan fingerprint density at radius 2 is 1.15 bits per heavy atom. The molecule has 34 heavy (non-hydrogen) atoms. The number of aliphatic carboxylic acids is 3. The van der Waals surface area contributed by atoms with Gasteiger partial charge in [-0.2, -0.15) is 0 Å². The van der Waals surface area contributed by atoms with Gasteiger partial charge in [0.1, 0.15) is 0 Å². The second-order valence-electron chi connectivity index (χ2n) is 7.39. The van der Waals surface area contributed by atoms with E-state index < -0.39 is 42.9 Å². The topological polar surface area (TPSA) is 217 Å². The number of carboxylic acid groups (broad SMARTS) is 3. The van der Waals surface area contributed by atoms with Crippen LogP contribution in [0.3, 0.4) is 0 Å². The second-order valence-corrected chi connectivity index (χ2v) is 7.39. The predicted octanol–water partition coefficient (Wildman–Crippen LogP) is -1.92. The molecule has 188 valence electrons. The molecule has 7 N–H and O–H groups in total. The lowest BCUT2D eigenvalue weighted by Gasteiger charge is -2.29. The molecule has 0 spiro atoms. The number of morpholine rings is 1. The Balaban J connectivity index is 0.000000605. The van der Waals surface area contributed by atoms with E-state index in [0.717, 1.165) is 11.4 Å². The average Bonchev–Trinajstić information content (AvgIpc) is 2.70. The highest BCUT2D eigenvalue weighted by Gasteiger charge is 2.25. The van der Waals surface area contributed by atoms with Gasteiger partial charge in [-0.15, -0.1) is 0 Å². The second kappa shape index (κ2) is 14.4. The molecule has 0 unspecified atom stereocenters. The zero-order valence-electron chi connectivity index (χ0n) is 18.5. The number of nitrogen functional groups attached to an aromatic ring is 2. The first kappa shape index (κ1) is 28.3. The van der Waals surface area contributed by atoms with Crippen molar-refractivity contribution < 1.29 is 44.0 Å². The van der Waals surface area contributed by atoms with Crippen LogP contribution >= 0.6 is 0 Å². The monoisotopic (exact) mass is 483 g/mol. The van der Waals surface area contributed by atoms with Gasteiger partial charge in [0.05, 0.1) is 32.7 Å². The first-order chi connectivity index (χ1) is 15.9. The van der Waals surface area contributed by atoms with E-state index in [0.29, 0.717) is 0 Å². The molecule has 0 aromatic heterocycles. The van der Waals surface area contributed by atoms with Crippen molar-refractivity contribution in [2.75, 3.05) is 70.4 Å². The van der Waals surface area contributed by atoms with Crippen LogP contribution < -0.4 is 11.5 Å². The molecule has 1 saturated heterocycles. The molecule has 1 aromatic carbocycles. The van der Waals surface area contributed by atoms with Gasteiger partial charge in [-0.25, -0.2) is 0 Å². The van der Waals surface area contributed by atoms with Crippen molar-refractivity contribution in [2.45, 2.75) is 0 Å². The molecule has 14 heteroatoms. The number of carboxylic acids is 3. The minimum Gasteiger partial charge on any atom is -0.480 e. The van der Waals surface area contributed by atoms with Gasteiger partial charge in [0.25, 0.3) is 0 Å². The number of hydrogen-bond acceptors (Lipinski definition) is 11. The minimum atomic E-state index is -1.19. The van der Waals surface area contributed by atoms with Crippen LogP contribution in [-0.4, -0.2) is 119 Å². The van der Waals surface area contributed by atoms with E-state index in [1.54, 1.807) is 24.3 Å². The van der Waals surface area contributed by atoms with Crippen molar-refractivity contribution >= 4 is 41.2 Å². The van der Waals surface area contributed by atoms with Gasteiger partial charge in [-0.1, -0.05) is 0 Å². The number of cyclic esters (lactones) is 2. The fraction of sp³-hybridized carbons (Fsp3) is 0.450. The third-order valence-corrected chi connectivity index (χ3v) is 4.41. The Bertz CT molecular complexity index is 809. The molecule has 2 rings (SSSR count). The van der Waals surface area contributed by atoms with Crippen molar-refractivity contribution in [3.63, 3.8) is 0 Å². The van der Waals surface area contributed by atoms with E-state index >= 15 is 0 Å².